The Morgan fingerprint density at radius 2 is 1.52 bits per heavy atom. The van der Waals surface area contributed by atoms with Gasteiger partial charge in [0, 0.05) is 6.54 Å². The van der Waals surface area contributed by atoms with Crippen LogP contribution in [0.15, 0.2) is 53.4 Å². The van der Waals surface area contributed by atoms with Crippen molar-refractivity contribution in [2.45, 2.75) is 58.0 Å². The monoisotopic (exact) mass is 389 g/mol. The van der Waals surface area contributed by atoms with Crippen molar-refractivity contribution in [2.75, 3.05) is 6.54 Å². The van der Waals surface area contributed by atoms with E-state index in [0.29, 0.717) is 17.4 Å². The third-order valence-corrected chi connectivity index (χ3v) is 6.04. The molecule has 0 heterocycles. The van der Waals surface area contributed by atoms with Crippen LogP contribution in [0.25, 0.3) is 0 Å². The summed E-state index contributed by atoms with van der Waals surface area (Å²) in [5.74, 6) is 1.54. The molecule has 0 bridgehead atoms. The van der Waals surface area contributed by atoms with Crippen molar-refractivity contribution in [3.05, 3.63) is 59.7 Å². The van der Waals surface area contributed by atoms with Crippen LogP contribution in [-0.2, 0) is 10.0 Å². The fraction of sp³-hybridized carbons (Fsp3) is 0.455. The lowest BCUT2D eigenvalue weighted by Crippen LogP contribution is -2.26. The highest BCUT2D eigenvalue weighted by Crippen LogP contribution is 2.29. The third kappa shape index (κ3) is 6.36. The second-order valence-electron chi connectivity index (χ2n) is 7.59. The molecule has 0 fully saturated rings. The smallest absolute Gasteiger partial charge is 0.240 e. The predicted molar refractivity (Wildman–Crippen MR) is 111 cm³/mol. The van der Waals surface area contributed by atoms with Gasteiger partial charge in [-0.25, -0.2) is 13.1 Å². The molecule has 1 N–H and O–H groups in total. The molecule has 0 aromatic heterocycles. The Kier molecular flexibility index (Phi) is 7.45. The Labute approximate surface area is 164 Å². The van der Waals surface area contributed by atoms with Crippen LogP contribution < -0.4 is 9.46 Å². The molecule has 0 aliphatic rings. The number of hydrogen-bond donors (Lipinski definition) is 1. The summed E-state index contributed by atoms with van der Waals surface area (Å²) in [5.41, 5.74) is 2.24. The number of sulfonamides is 1. The van der Waals surface area contributed by atoms with E-state index in [-0.39, 0.29) is 12.0 Å². The fourth-order valence-corrected chi connectivity index (χ4v) is 4.15. The van der Waals surface area contributed by atoms with E-state index in [1.165, 1.54) is 5.56 Å². The normalized spacial score (nSPS) is 13.1. The molecular weight excluding hydrogens is 358 g/mol. The molecule has 0 radical (unpaired) electrons. The van der Waals surface area contributed by atoms with E-state index in [9.17, 15) is 8.42 Å². The van der Waals surface area contributed by atoms with Crippen LogP contribution in [0.4, 0.5) is 0 Å². The minimum atomic E-state index is -3.47. The average Bonchev–Trinajstić information content (AvgIpc) is 2.59. The molecular formula is C22H31NO3S. The Bertz CT molecular complexity index is 810. The van der Waals surface area contributed by atoms with Gasteiger partial charge in [-0.15, -0.1) is 0 Å². The van der Waals surface area contributed by atoms with Crippen LogP contribution in [0, 0.1) is 12.8 Å². The Balaban J connectivity index is 2.01. The molecule has 0 saturated heterocycles. The molecule has 2 aromatic rings. The van der Waals surface area contributed by atoms with Crippen molar-refractivity contribution >= 4 is 10.0 Å². The first-order valence-electron chi connectivity index (χ1n) is 9.52. The molecule has 148 valence electrons. The minimum Gasteiger partial charge on any atom is -0.491 e. The topological polar surface area (TPSA) is 55.4 Å². The van der Waals surface area contributed by atoms with Gasteiger partial charge in [0.2, 0.25) is 10.0 Å². The van der Waals surface area contributed by atoms with Gasteiger partial charge in [-0.1, -0.05) is 43.7 Å². The van der Waals surface area contributed by atoms with Crippen LogP contribution in [-0.4, -0.2) is 21.1 Å². The van der Waals surface area contributed by atoms with Crippen LogP contribution in [0.3, 0.4) is 0 Å². The summed E-state index contributed by atoms with van der Waals surface area (Å²) in [6.45, 7) is 10.7. The number of nitrogens with one attached hydrogen (secondary N) is 1. The summed E-state index contributed by atoms with van der Waals surface area (Å²) in [4.78, 5) is 0.310. The van der Waals surface area contributed by atoms with Crippen LogP contribution in [0.2, 0.25) is 0 Å². The van der Waals surface area contributed by atoms with Gasteiger partial charge < -0.3 is 4.74 Å². The maximum Gasteiger partial charge on any atom is 0.240 e. The first-order valence-corrected chi connectivity index (χ1v) is 11.0. The van der Waals surface area contributed by atoms with Crippen molar-refractivity contribution in [3.8, 4) is 5.75 Å². The summed E-state index contributed by atoms with van der Waals surface area (Å²) in [6, 6.07) is 15.0. The standard InChI is InChI=1S/C22H31NO3S/c1-16(2)22(19-8-10-20(11-9-19)26-17(3)4)14-15-23-27(24,25)21-12-6-18(5)7-13-21/h6-13,16-17,22-23H,14-15H2,1-5H3/t22-/m1/s1. The lowest BCUT2D eigenvalue weighted by atomic mass is 9.86. The van der Waals surface area contributed by atoms with Crippen molar-refractivity contribution in [1.29, 1.82) is 0 Å². The SMILES string of the molecule is Cc1ccc(S(=O)(=O)NCC[C@@H](c2ccc(OC(C)C)cc2)C(C)C)cc1. The highest BCUT2D eigenvalue weighted by molar-refractivity contribution is 7.89. The molecule has 0 aliphatic carbocycles. The first-order chi connectivity index (χ1) is 12.7. The van der Waals surface area contributed by atoms with Gasteiger partial charge in [-0.3, -0.25) is 0 Å². The largest absolute Gasteiger partial charge is 0.491 e. The van der Waals surface area contributed by atoms with Crippen molar-refractivity contribution in [1.82, 2.24) is 4.72 Å². The molecule has 0 unspecified atom stereocenters. The van der Waals surface area contributed by atoms with E-state index in [1.807, 2.05) is 45.0 Å². The molecule has 0 amide bonds. The molecule has 2 aromatic carbocycles. The Hall–Kier alpha value is -1.85. The lowest BCUT2D eigenvalue weighted by Gasteiger charge is -2.22. The van der Waals surface area contributed by atoms with Crippen molar-refractivity contribution in [3.63, 3.8) is 0 Å². The van der Waals surface area contributed by atoms with E-state index in [0.717, 1.165) is 17.7 Å². The maximum atomic E-state index is 12.5. The number of benzene rings is 2. The van der Waals surface area contributed by atoms with Gasteiger partial charge in [-0.2, -0.15) is 0 Å². The Morgan fingerprint density at radius 1 is 0.926 bits per heavy atom. The van der Waals surface area contributed by atoms with Gasteiger partial charge in [0.15, 0.2) is 0 Å². The second kappa shape index (κ2) is 9.38. The predicted octanol–water partition coefficient (Wildman–Crippen LogP) is 4.89. The lowest BCUT2D eigenvalue weighted by molar-refractivity contribution is 0.242. The summed E-state index contributed by atoms with van der Waals surface area (Å²) < 4.78 is 33.3. The number of hydrogen-bond acceptors (Lipinski definition) is 3. The molecule has 1 atom stereocenters. The molecule has 27 heavy (non-hydrogen) atoms. The highest BCUT2D eigenvalue weighted by atomic mass is 32.2. The van der Waals surface area contributed by atoms with Gasteiger partial charge >= 0.3 is 0 Å². The zero-order chi connectivity index (χ0) is 20.0. The molecule has 0 saturated carbocycles. The van der Waals surface area contributed by atoms with Gasteiger partial charge in [0.1, 0.15) is 5.75 Å². The molecule has 2 rings (SSSR count). The average molecular weight is 390 g/mol. The summed E-state index contributed by atoms with van der Waals surface area (Å²) in [5, 5.41) is 0. The van der Waals surface area contributed by atoms with E-state index in [1.54, 1.807) is 12.1 Å². The van der Waals surface area contributed by atoms with E-state index < -0.39 is 10.0 Å². The van der Waals surface area contributed by atoms with E-state index in [4.69, 9.17) is 4.74 Å². The fourth-order valence-electron chi connectivity index (χ4n) is 3.10. The molecule has 5 heteroatoms. The molecule has 4 nitrogen and oxygen atoms in total. The second-order valence-corrected chi connectivity index (χ2v) is 9.35. The zero-order valence-corrected chi connectivity index (χ0v) is 17.7. The quantitative estimate of drug-likeness (QED) is 0.664. The summed E-state index contributed by atoms with van der Waals surface area (Å²) in [7, 11) is -3.47. The molecule has 0 spiro atoms. The van der Waals surface area contributed by atoms with Gasteiger partial charge in [0.25, 0.3) is 0 Å². The minimum absolute atomic E-state index is 0.146. The number of ether oxygens (including phenoxy) is 1. The number of aryl methyl sites for hydroxylation is 1. The van der Waals surface area contributed by atoms with Gasteiger partial charge in [0.05, 0.1) is 11.0 Å². The number of rotatable bonds is 9. The first kappa shape index (κ1) is 21.5. The third-order valence-electron chi connectivity index (χ3n) is 4.56. The summed E-state index contributed by atoms with van der Waals surface area (Å²) in [6.07, 6.45) is 0.889. The van der Waals surface area contributed by atoms with Crippen LogP contribution >= 0.6 is 0 Å². The maximum absolute atomic E-state index is 12.5. The highest BCUT2D eigenvalue weighted by Gasteiger charge is 2.18. The van der Waals surface area contributed by atoms with Crippen molar-refractivity contribution in [2.24, 2.45) is 5.92 Å². The summed E-state index contributed by atoms with van der Waals surface area (Å²) >= 11 is 0. The van der Waals surface area contributed by atoms with Gasteiger partial charge in [-0.05, 0) is 68.9 Å². The Morgan fingerprint density at radius 3 is 2.04 bits per heavy atom. The zero-order valence-electron chi connectivity index (χ0n) is 16.9. The van der Waals surface area contributed by atoms with Crippen LogP contribution in [0.1, 0.15) is 51.2 Å². The van der Waals surface area contributed by atoms with E-state index >= 15 is 0 Å². The van der Waals surface area contributed by atoms with E-state index in [2.05, 4.69) is 30.7 Å². The van der Waals surface area contributed by atoms with Crippen molar-refractivity contribution < 1.29 is 13.2 Å². The van der Waals surface area contributed by atoms with Crippen LogP contribution in [0.5, 0.6) is 5.75 Å². The molecule has 0 aliphatic heterocycles.